The molecule has 4 fully saturated rings. The minimum atomic E-state index is -2.49. The number of aromatic nitrogens is 5. The van der Waals surface area contributed by atoms with E-state index in [0.717, 1.165) is 28.7 Å². The molecule has 5 aromatic rings. The number of carbonyl (C=O) groups excluding carboxylic acids is 7. The number of ether oxygens (including phenoxy) is 12. The van der Waals surface area contributed by atoms with Crippen LogP contribution in [-0.2, 0) is 105 Å². The zero-order chi connectivity index (χ0) is 93.7. The number of oxazole rings is 1. The third kappa shape index (κ3) is 29.2. The van der Waals surface area contributed by atoms with Crippen molar-refractivity contribution < 1.29 is 110 Å². The van der Waals surface area contributed by atoms with E-state index in [1.807, 2.05) is 77.8 Å². The molecular formula is C95H139N13O23. The molecule has 0 radical (unpaired) electrons. The minimum absolute atomic E-state index is 0.0331. The number of aliphatic hydroxyl groups is 3. The van der Waals surface area contributed by atoms with Gasteiger partial charge in [0.25, 0.3) is 17.7 Å². The standard InChI is InChI=1S/C95H139N13O23/c1-59-15-11-10-12-16-60(2)77(119-7)53-71-23-18-64(6)95(118,131-71)88(114)91(115)107-31-14-13-17-74(107)92(116)128-79(54-78(120-8)61(3)48-63(5)86(112)87(113)85(111)62(4)47-59)72(96)50-65-20-24-76(80(51-65)121-9)130-94(117)102-70-27-32-105(33-28-70)57-81(109)99-30-36-123-38-40-125-42-44-127-46-45-126-43-41-124-39-37-122-35-29-82(110)106-34-26-67-49-66(19-21-69(67)56-106)55-108-90-83(89(97)100-58-101-90)84(104-108)68-22-25-75-73(52-68)103-93(98)129-75/h10-12,15-16,19,21-22,25,48-49,52,58-59,61-62,64-65,70-72,74,76-80,86-87,112-113,118H,13-14,17-18,20,23-24,26-47,50-51,53-57,96H2,1-9H3,(H2,98,103)(H,99,109)(H,102,117)(H2,97,100,101)/b12-10+,15-11+,60-16+,63-48+/t59-,61-,62-,64-,65+,71+,72-,74+,76-,77+,78-,79+,80-,86-,87+,95-/m1/s1. The van der Waals surface area contributed by atoms with Crippen molar-refractivity contribution >= 4 is 75.3 Å². The number of carbonyl (C=O) groups is 7. The van der Waals surface area contributed by atoms with Gasteiger partial charge >= 0.3 is 12.1 Å². The fraction of sp³-hybridized carbons (Fsp3) is 0.653. The lowest BCUT2D eigenvalue weighted by molar-refractivity contribution is -0.265. The number of cyclic esters (lactones) is 1. The first kappa shape index (κ1) is 102. The lowest BCUT2D eigenvalue weighted by Crippen LogP contribution is -2.61. The number of nitrogen functional groups attached to an aromatic ring is 2. The van der Waals surface area contributed by atoms with Gasteiger partial charge in [-0.3, -0.25) is 28.9 Å². The fourth-order valence-electron chi connectivity index (χ4n) is 18.4. The number of likely N-dealkylation sites (tertiary alicyclic amines) is 1. The number of Topliss-reactive ketones (excluding diaryl/α,β-unsaturated/α-hetero) is 2. The zero-order valence-corrected chi connectivity index (χ0v) is 77.5. The van der Waals surface area contributed by atoms with Crippen LogP contribution in [0.15, 0.2) is 94.7 Å². The van der Waals surface area contributed by atoms with E-state index >= 15 is 0 Å². The van der Waals surface area contributed by atoms with Crippen LogP contribution >= 0.6 is 0 Å². The van der Waals surface area contributed by atoms with Crippen molar-refractivity contribution in [2.75, 3.05) is 151 Å². The first-order chi connectivity index (χ1) is 63.1. The molecule has 16 atom stereocenters. The first-order valence-electron chi connectivity index (χ1n) is 46.5. The highest BCUT2D eigenvalue weighted by Crippen LogP contribution is 2.40. The molecule has 1 saturated carbocycles. The Morgan fingerprint density at radius 3 is 2.11 bits per heavy atom. The monoisotopic (exact) mass is 1830 g/mol. The summed E-state index contributed by atoms with van der Waals surface area (Å²) >= 11 is 0. The number of esters is 1. The van der Waals surface area contributed by atoms with E-state index in [1.54, 1.807) is 47.1 Å². The summed E-state index contributed by atoms with van der Waals surface area (Å²) in [5.41, 5.74) is 27.1. The highest BCUT2D eigenvalue weighted by Gasteiger charge is 2.53. The van der Waals surface area contributed by atoms with E-state index in [1.165, 1.54) is 23.9 Å². The van der Waals surface area contributed by atoms with Gasteiger partial charge in [0.2, 0.25) is 17.6 Å². The summed E-state index contributed by atoms with van der Waals surface area (Å²) in [5, 5.41) is 46.5. The number of fused-ring (bicyclic) bond motifs is 6. The number of nitrogens with two attached hydrogens (primary N) is 3. The molecule has 0 spiro atoms. The zero-order valence-electron chi connectivity index (χ0n) is 77.5. The van der Waals surface area contributed by atoms with Crippen LogP contribution in [0.1, 0.15) is 155 Å². The average molecular weight is 1830 g/mol. The van der Waals surface area contributed by atoms with Crippen LogP contribution in [-0.4, -0.2) is 309 Å². The Balaban J connectivity index is 0.527. The Labute approximate surface area is 767 Å². The van der Waals surface area contributed by atoms with Gasteiger partial charge in [-0.1, -0.05) is 82.4 Å². The highest BCUT2D eigenvalue weighted by molar-refractivity contribution is 6.39. The second kappa shape index (κ2) is 50.8. The summed E-state index contributed by atoms with van der Waals surface area (Å²) in [5.74, 6) is -7.80. The molecule has 5 aliphatic heterocycles. The number of amides is 4. The van der Waals surface area contributed by atoms with Gasteiger partial charge in [0.15, 0.2) is 17.0 Å². The Hall–Kier alpha value is -9.09. The number of rotatable bonds is 34. The van der Waals surface area contributed by atoms with E-state index in [9.17, 15) is 48.9 Å². The number of piperidine rings is 2. The summed E-state index contributed by atoms with van der Waals surface area (Å²) in [6.07, 6.45) is 11.5. The topological polar surface area (TPSA) is 472 Å². The van der Waals surface area contributed by atoms with Crippen LogP contribution < -0.4 is 27.8 Å². The third-order valence-electron chi connectivity index (χ3n) is 26.1. The molecule has 2 bridgehead atoms. The molecule has 8 heterocycles. The molecule has 11 N–H and O–H groups in total. The van der Waals surface area contributed by atoms with E-state index in [2.05, 4.69) is 43.8 Å². The lowest BCUT2D eigenvalue weighted by atomic mass is 9.80. The molecule has 4 amide bonds. The number of aliphatic hydroxyl groups excluding tert-OH is 2. The van der Waals surface area contributed by atoms with Crippen molar-refractivity contribution in [3.8, 4) is 11.3 Å². The molecular weight excluding hydrogens is 1690 g/mol. The number of methoxy groups -OCH3 is 3. The molecule has 722 valence electrons. The summed E-state index contributed by atoms with van der Waals surface area (Å²) in [4.78, 5) is 116. The van der Waals surface area contributed by atoms with Crippen LogP contribution in [0.2, 0.25) is 0 Å². The molecule has 0 unspecified atom stereocenters. The lowest BCUT2D eigenvalue weighted by Gasteiger charge is -2.43. The second-order valence-electron chi connectivity index (χ2n) is 35.7. The van der Waals surface area contributed by atoms with Crippen molar-refractivity contribution in [3.05, 3.63) is 107 Å². The van der Waals surface area contributed by atoms with Crippen LogP contribution in [0.3, 0.4) is 0 Å². The number of ketones is 2. The summed E-state index contributed by atoms with van der Waals surface area (Å²) < 4.78 is 77.9. The van der Waals surface area contributed by atoms with E-state index in [0.29, 0.717) is 228 Å². The van der Waals surface area contributed by atoms with E-state index in [-0.39, 0.29) is 74.5 Å². The van der Waals surface area contributed by atoms with E-state index < -0.39 is 114 Å². The van der Waals surface area contributed by atoms with Gasteiger partial charge in [0, 0.05) is 109 Å². The Kier molecular flexibility index (Phi) is 39.8. The number of alkyl carbamates (subject to hydrolysis) is 1. The molecule has 36 nitrogen and oxygen atoms in total. The van der Waals surface area contributed by atoms with Crippen LogP contribution in [0, 0.1) is 29.6 Å². The molecule has 6 aliphatic rings. The molecule has 3 aromatic heterocycles. The van der Waals surface area contributed by atoms with Crippen LogP contribution in [0.5, 0.6) is 0 Å². The maximum atomic E-state index is 14.9. The Bertz CT molecular complexity index is 4690. The Morgan fingerprint density at radius 2 is 1.40 bits per heavy atom. The molecule has 131 heavy (non-hydrogen) atoms. The van der Waals surface area contributed by atoms with Crippen LogP contribution in [0.25, 0.3) is 33.4 Å². The Morgan fingerprint density at radius 1 is 0.702 bits per heavy atom. The quantitative estimate of drug-likeness (QED) is 0.00872. The van der Waals surface area contributed by atoms with Crippen molar-refractivity contribution in [2.45, 2.75) is 230 Å². The number of benzene rings is 2. The first-order valence-corrected chi connectivity index (χ1v) is 46.5. The van der Waals surface area contributed by atoms with Crippen LogP contribution in [0.4, 0.5) is 16.6 Å². The van der Waals surface area contributed by atoms with Crippen molar-refractivity contribution in [3.63, 3.8) is 0 Å². The minimum Gasteiger partial charge on any atom is -0.459 e. The largest absolute Gasteiger partial charge is 0.459 e. The van der Waals surface area contributed by atoms with Gasteiger partial charge in [0.05, 0.1) is 129 Å². The molecule has 1 aliphatic carbocycles. The number of nitrogens with zero attached hydrogens (tertiary/aromatic N) is 8. The van der Waals surface area contributed by atoms with E-state index in [4.69, 9.17) is 83.6 Å². The predicted molar refractivity (Wildman–Crippen MR) is 486 cm³/mol. The molecule has 11 rings (SSSR count). The predicted octanol–water partition coefficient (Wildman–Crippen LogP) is 7.21. The highest BCUT2D eigenvalue weighted by atomic mass is 16.6. The molecule has 3 saturated heterocycles. The summed E-state index contributed by atoms with van der Waals surface area (Å²) in [7, 11) is 4.62. The van der Waals surface area contributed by atoms with Gasteiger partial charge < -0.3 is 114 Å². The SMILES string of the molecule is CO[C@H]1C[C@@H]2CC[C@@H](C)[C@@](O)(O2)C(=O)C(=O)N2CCCC[C@H]2C(=O)O[C@H]([C@H](N)C[C@@H]2CC[C@@H](OC(=O)NC3CCN(CC(=O)NCCOCCOCCOCCOCCOCCOCCC(=O)N4CCc5cc(Cn6nc(-c7ccc8oc(N)nc8c7)c7c(N)ncnc76)ccc5C4)CC3)[C@H](OC)C2)C[C@@H](OC)[C@H](C)/C=C(\C)[C@@H](O)[C@@H](O)C(=O)[C@H](C)C[C@H](C)/C=C/C=C/C=C/1C. The summed E-state index contributed by atoms with van der Waals surface area (Å²) in [6, 6.07) is 9.68. The summed E-state index contributed by atoms with van der Waals surface area (Å²) in [6.45, 7) is 18.4. The fourth-order valence-corrected chi connectivity index (χ4v) is 18.4. The normalized spacial score (nSPS) is 28.0. The van der Waals surface area contributed by atoms with Crippen molar-refractivity contribution in [1.29, 1.82) is 0 Å². The van der Waals surface area contributed by atoms with Gasteiger partial charge in [-0.15, -0.1) is 0 Å². The number of hydrogen-bond donors (Lipinski definition) is 8. The second-order valence-corrected chi connectivity index (χ2v) is 35.7. The number of anilines is 2. The van der Waals surface area contributed by atoms with Crippen molar-refractivity contribution in [2.24, 2.45) is 35.3 Å². The number of allylic oxidation sites excluding steroid dienone is 5. The molecule has 36 heteroatoms. The third-order valence-corrected chi connectivity index (χ3v) is 26.1. The van der Waals surface area contributed by atoms with Crippen molar-refractivity contribution in [1.82, 2.24) is 50.1 Å². The smallest absolute Gasteiger partial charge is 0.407 e. The van der Waals surface area contributed by atoms with Gasteiger partial charge in [-0.25, -0.2) is 24.2 Å². The van der Waals surface area contributed by atoms with Gasteiger partial charge in [-0.2, -0.15) is 10.1 Å². The maximum Gasteiger partial charge on any atom is 0.407 e. The van der Waals surface area contributed by atoms with Gasteiger partial charge in [-0.05, 0) is 155 Å². The molecule has 2 aromatic carbocycles. The maximum absolute atomic E-state index is 14.9. The number of nitrogens with one attached hydrogen (secondary N) is 2. The average Bonchev–Trinajstić information content (AvgIpc) is 1.54. The van der Waals surface area contributed by atoms with Gasteiger partial charge in [0.1, 0.15) is 53.8 Å². The number of hydrogen-bond acceptors (Lipinski definition) is 31.